The predicted molar refractivity (Wildman–Crippen MR) is 113 cm³/mol. The van der Waals surface area contributed by atoms with Crippen molar-refractivity contribution in [1.29, 1.82) is 0 Å². The Labute approximate surface area is 172 Å². The molecule has 0 unspecified atom stereocenters. The molecule has 8 nitrogen and oxygen atoms in total. The maximum atomic E-state index is 13.0. The quantitative estimate of drug-likeness (QED) is 0.437. The minimum absolute atomic E-state index is 0.102. The molecule has 30 heavy (non-hydrogen) atoms. The maximum Gasteiger partial charge on any atom is 0.377 e. The van der Waals surface area contributed by atoms with E-state index < -0.39 is 11.7 Å². The van der Waals surface area contributed by atoms with Crippen LogP contribution in [0.1, 0.15) is 36.8 Å². The molecule has 1 aromatic carbocycles. The first kappa shape index (κ1) is 20.2. The molecule has 0 saturated heterocycles. The number of nitrogens with zero attached hydrogens (tertiary/aromatic N) is 4. The van der Waals surface area contributed by atoms with Crippen LogP contribution in [0.2, 0.25) is 0 Å². The van der Waals surface area contributed by atoms with Crippen LogP contribution < -0.4 is 5.56 Å². The van der Waals surface area contributed by atoms with E-state index in [4.69, 9.17) is 0 Å². The van der Waals surface area contributed by atoms with Gasteiger partial charge in [0.2, 0.25) is 0 Å². The molecule has 0 atom stereocenters. The number of benzene rings is 1. The van der Waals surface area contributed by atoms with E-state index in [1.807, 2.05) is 32.0 Å². The Balaban J connectivity index is 2.05. The number of fused-ring (bicyclic) bond motifs is 3. The highest BCUT2D eigenvalue weighted by Crippen LogP contribution is 2.26. The van der Waals surface area contributed by atoms with Crippen LogP contribution in [0.3, 0.4) is 0 Å². The van der Waals surface area contributed by atoms with Gasteiger partial charge in [-0.15, -0.1) is 0 Å². The summed E-state index contributed by atoms with van der Waals surface area (Å²) in [6.45, 7) is 5.91. The van der Waals surface area contributed by atoms with Gasteiger partial charge in [0, 0.05) is 17.5 Å². The Kier molecular flexibility index (Phi) is 4.93. The lowest BCUT2D eigenvalue weighted by Crippen LogP contribution is -2.41. The number of hydrogen-bond donors (Lipinski definition) is 3. The normalized spacial score (nSPS) is 12.2. The standard InChI is InChI=1S/C22H24N4O4/c1-4-5-6-17-12-20-25(22(28,29)30)21(27)18-8-7-15(11-19(18)26(20)24-17)16-9-13(2)23-14(3)10-16/h7-12,28-30H,4-6H2,1-3H3. The number of aryl methyl sites for hydroxylation is 3. The Morgan fingerprint density at radius 3 is 2.33 bits per heavy atom. The first-order valence-electron chi connectivity index (χ1n) is 9.89. The van der Waals surface area contributed by atoms with Gasteiger partial charge in [-0.05, 0) is 62.1 Å². The zero-order valence-electron chi connectivity index (χ0n) is 17.1. The largest absolute Gasteiger partial charge is 0.377 e. The van der Waals surface area contributed by atoms with E-state index in [-0.39, 0.29) is 11.0 Å². The summed E-state index contributed by atoms with van der Waals surface area (Å²) in [5, 5.41) is 34.3. The summed E-state index contributed by atoms with van der Waals surface area (Å²) in [7, 11) is 0. The highest BCUT2D eigenvalue weighted by Gasteiger charge is 2.28. The number of unbranched alkanes of at least 4 members (excludes halogenated alkanes) is 1. The van der Waals surface area contributed by atoms with E-state index in [1.165, 1.54) is 4.52 Å². The summed E-state index contributed by atoms with van der Waals surface area (Å²) in [5.41, 5.74) is 4.20. The van der Waals surface area contributed by atoms with Gasteiger partial charge in [-0.1, -0.05) is 19.4 Å². The molecule has 4 aromatic rings. The van der Waals surface area contributed by atoms with Crippen LogP contribution in [-0.2, 0) is 12.5 Å². The third-order valence-electron chi connectivity index (χ3n) is 5.13. The van der Waals surface area contributed by atoms with Gasteiger partial charge >= 0.3 is 6.10 Å². The second-order valence-corrected chi connectivity index (χ2v) is 7.62. The topological polar surface area (TPSA) is 113 Å². The lowest BCUT2D eigenvalue weighted by molar-refractivity contribution is -0.374. The molecule has 0 aliphatic heterocycles. The Morgan fingerprint density at radius 2 is 1.70 bits per heavy atom. The van der Waals surface area contributed by atoms with Gasteiger partial charge in [-0.25, -0.2) is 9.08 Å². The minimum Gasteiger partial charge on any atom is -0.325 e. The monoisotopic (exact) mass is 408 g/mol. The van der Waals surface area contributed by atoms with Crippen molar-refractivity contribution in [2.24, 2.45) is 0 Å². The molecule has 0 spiro atoms. The van der Waals surface area contributed by atoms with E-state index in [2.05, 4.69) is 17.0 Å². The molecule has 0 aliphatic rings. The summed E-state index contributed by atoms with van der Waals surface area (Å²) >= 11 is 0. The van der Waals surface area contributed by atoms with Crippen LogP contribution in [-0.4, -0.2) is 34.5 Å². The zero-order chi connectivity index (χ0) is 21.6. The third-order valence-corrected chi connectivity index (χ3v) is 5.13. The molecule has 3 heterocycles. The Morgan fingerprint density at radius 1 is 1.00 bits per heavy atom. The highest BCUT2D eigenvalue weighted by atomic mass is 16.7. The molecular weight excluding hydrogens is 384 g/mol. The number of pyridine rings is 1. The fourth-order valence-electron chi connectivity index (χ4n) is 3.82. The molecule has 0 amide bonds. The van der Waals surface area contributed by atoms with Crippen LogP contribution in [0, 0.1) is 13.8 Å². The van der Waals surface area contributed by atoms with E-state index in [0.717, 1.165) is 35.4 Å². The summed E-state index contributed by atoms with van der Waals surface area (Å²) < 4.78 is 2.02. The van der Waals surface area contributed by atoms with Gasteiger partial charge in [0.05, 0.1) is 16.6 Å². The van der Waals surface area contributed by atoms with Crippen molar-refractivity contribution in [3.63, 3.8) is 0 Å². The molecule has 0 saturated carbocycles. The maximum absolute atomic E-state index is 13.0. The molecule has 8 heteroatoms. The molecule has 156 valence electrons. The van der Waals surface area contributed by atoms with Crippen molar-refractivity contribution < 1.29 is 15.3 Å². The summed E-state index contributed by atoms with van der Waals surface area (Å²) in [5.74, 6) is 0. The van der Waals surface area contributed by atoms with Crippen molar-refractivity contribution in [1.82, 2.24) is 19.2 Å². The first-order valence-corrected chi connectivity index (χ1v) is 9.89. The van der Waals surface area contributed by atoms with Crippen LogP contribution in [0.4, 0.5) is 0 Å². The van der Waals surface area contributed by atoms with Gasteiger partial charge in [0.25, 0.3) is 5.56 Å². The van der Waals surface area contributed by atoms with E-state index >= 15 is 0 Å². The third kappa shape index (κ3) is 3.49. The van der Waals surface area contributed by atoms with Crippen molar-refractivity contribution in [2.75, 3.05) is 0 Å². The lowest BCUT2D eigenvalue weighted by atomic mass is 10.0. The molecule has 0 aliphatic carbocycles. The van der Waals surface area contributed by atoms with Crippen molar-refractivity contribution in [3.8, 4) is 11.1 Å². The Bertz CT molecular complexity index is 1290. The Hall–Kier alpha value is -3.07. The van der Waals surface area contributed by atoms with Gasteiger partial charge in [0.1, 0.15) is 5.65 Å². The molecule has 4 rings (SSSR count). The molecule has 0 bridgehead atoms. The summed E-state index contributed by atoms with van der Waals surface area (Å²) in [6, 6.07) is 10.7. The van der Waals surface area contributed by atoms with Gasteiger partial charge in [-0.3, -0.25) is 9.78 Å². The van der Waals surface area contributed by atoms with Crippen molar-refractivity contribution in [3.05, 3.63) is 63.8 Å². The summed E-state index contributed by atoms with van der Waals surface area (Å²) in [6.07, 6.45) is -0.802. The van der Waals surface area contributed by atoms with Gasteiger partial charge in [0.15, 0.2) is 0 Å². The minimum atomic E-state index is -3.34. The zero-order valence-corrected chi connectivity index (χ0v) is 17.1. The van der Waals surface area contributed by atoms with Crippen LogP contribution in [0.25, 0.3) is 27.7 Å². The van der Waals surface area contributed by atoms with E-state index in [0.29, 0.717) is 22.2 Å². The molecule has 3 aromatic heterocycles. The number of hydrogen-bond acceptors (Lipinski definition) is 6. The van der Waals surface area contributed by atoms with Crippen molar-refractivity contribution in [2.45, 2.75) is 46.1 Å². The predicted octanol–water partition coefficient (Wildman–Crippen LogP) is 2.22. The van der Waals surface area contributed by atoms with Crippen LogP contribution in [0.15, 0.2) is 41.2 Å². The second-order valence-electron chi connectivity index (χ2n) is 7.62. The highest BCUT2D eigenvalue weighted by molar-refractivity contribution is 5.85. The average Bonchev–Trinajstić information content (AvgIpc) is 3.08. The van der Waals surface area contributed by atoms with Crippen molar-refractivity contribution >= 4 is 16.6 Å². The molecule has 0 radical (unpaired) electrons. The summed E-state index contributed by atoms with van der Waals surface area (Å²) in [4.78, 5) is 17.4. The van der Waals surface area contributed by atoms with E-state index in [9.17, 15) is 20.1 Å². The smallest absolute Gasteiger partial charge is 0.325 e. The van der Waals surface area contributed by atoms with E-state index in [1.54, 1.807) is 18.2 Å². The second kappa shape index (κ2) is 7.32. The number of rotatable bonds is 5. The van der Waals surface area contributed by atoms with Gasteiger partial charge < -0.3 is 15.3 Å². The van der Waals surface area contributed by atoms with Crippen LogP contribution in [0.5, 0.6) is 0 Å². The molecule has 0 fully saturated rings. The molecule has 3 N–H and O–H groups in total. The SMILES string of the molecule is CCCCc1cc2n(C(O)(O)O)c(=O)c3ccc(-c4cc(C)nc(C)c4)cc3n2n1. The number of aromatic nitrogens is 4. The average molecular weight is 408 g/mol. The molecular formula is C22H24N4O4. The number of aliphatic hydroxyl groups is 3. The fourth-order valence-corrected chi connectivity index (χ4v) is 3.82. The fraction of sp³-hybridized carbons (Fsp3) is 0.318. The lowest BCUT2D eigenvalue weighted by Gasteiger charge is -2.19. The first-order chi connectivity index (χ1) is 14.2. The van der Waals surface area contributed by atoms with Gasteiger partial charge in [-0.2, -0.15) is 5.10 Å². The van der Waals surface area contributed by atoms with Crippen LogP contribution >= 0.6 is 0 Å².